The van der Waals surface area contributed by atoms with Gasteiger partial charge in [0.15, 0.2) is 0 Å². The number of hydrogen-bond donors (Lipinski definition) is 0. The second-order valence-corrected chi connectivity index (χ2v) is 5.24. The first-order chi connectivity index (χ1) is 9.56. The Morgan fingerprint density at radius 2 is 1.85 bits per heavy atom. The molecule has 0 spiro atoms. The second kappa shape index (κ2) is 4.87. The molecule has 0 aliphatic carbocycles. The summed E-state index contributed by atoms with van der Waals surface area (Å²) in [4.78, 5) is 13.3. The molecule has 0 saturated heterocycles. The van der Waals surface area contributed by atoms with Gasteiger partial charge in [0.2, 0.25) is 0 Å². The van der Waals surface area contributed by atoms with Crippen molar-refractivity contribution < 1.29 is 0 Å². The highest BCUT2D eigenvalue weighted by atomic mass is 35.5. The highest BCUT2D eigenvalue weighted by Crippen LogP contribution is 2.20. The number of halogens is 1. The Labute approximate surface area is 122 Å². The smallest absolute Gasteiger partial charge is 0.135 e. The van der Waals surface area contributed by atoms with E-state index in [1.54, 1.807) is 0 Å². The van der Waals surface area contributed by atoms with E-state index in [1.165, 1.54) is 0 Å². The van der Waals surface area contributed by atoms with Gasteiger partial charge in [0.05, 0.1) is 16.7 Å². The maximum Gasteiger partial charge on any atom is 0.135 e. The zero-order valence-corrected chi connectivity index (χ0v) is 12.4. The molecule has 0 bridgehead atoms. The number of para-hydroxylation sites is 2. The predicted molar refractivity (Wildman–Crippen MR) is 80.0 cm³/mol. The summed E-state index contributed by atoms with van der Waals surface area (Å²) in [5, 5.41) is 0.520. The molecular formula is C15H15ClN4. The van der Waals surface area contributed by atoms with Crippen molar-refractivity contribution in [3.63, 3.8) is 0 Å². The van der Waals surface area contributed by atoms with Crippen molar-refractivity contribution in [2.75, 3.05) is 0 Å². The van der Waals surface area contributed by atoms with E-state index in [0.717, 1.165) is 28.1 Å². The minimum Gasteiger partial charge on any atom is -0.331 e. The van der Waals surface area contributed by atoms with Gasteiger partial charge in [-0.25, -0.2) is 15.0 Å². The van der Waals surface area contributed by atoms with Crippen LogP contribution in [0.5, 0.6) is 0 Å². The lowest BCUT2D eigenvalue weighted by molar-refractivity contribution is 0.818. The van der Waals surface area contributed by atoms with Gasteiger partial charge in [-0.05, 0) is 26.0 Å². The van der Waals surface area contributed by atoms with Crippen molar-refractivity contribution in [1.29, 1.82) is 0 Å². The van der Waals surface area contributed by atoms with Crippen LogP contribution in [-0.4, -0.2) is 19.5 Å². The summed E-state index contributed by atoms with van der Waals surface area (Å²) in [5.41, 5.74) is 3.97. The van der Waals surface area contributed by atoms with Crippen LogP contribution in [0.25, 0.3) is 11.0 Å². The molecule has 3 aromatic rings. The summed E-state index contributed by atoms with van der Waals surface area (Å²) >= 11 is 6.13. The SMILES string of the molecule is Cc1nc(Cl)c(C)c(Cc2nc3ccccc3n2C)n1. The topological polar surface area (TPSA) is 43.6 Å². The zero-order valence-electron chi connectivity index (χ0n) is 11.7. The number of imidazole rings is 1. The van der Waals surface area contributed by atoms with Crippen LogP contribution in [0, 0.1) is 13.8 Å². The van der Waals surface area contributed by atoms with Crippen LogP contribution in [0.4, 0.5) is 0 Å². The summed E-state index contributed by atoms with van der Waals surface area (Å²) < 4.78 is 2.10. The van der Waals surface area contributed by atoms with E-state index in [-0.39, 0.29) is 0 Å². The molecule has 0 radical (unpaired) electrons. The molecular weight excluding hydrogens is 272 g/mol. The molecule has 102 valence electrons. The normalized spacial score (nSPS) is 11.2. The first-order valence-electron chi connectivity index (χ1n) is 6.46. The average Bonchev–Trinajstić information content (AvgIpc) is 2.73. The number of rotatable bonds is 2. The van der Waals surface area contributed by atoms with Crippen molar-refractivity contribution >= 4 is 22.6 Å². The first kappa shape index (κ1) is 13.1. The van der Waals surface area contributed by atoms with Gasteiger partial charge in [0, 0.05) is 19.0 Å². The monoisotopic (exact) mass is 286 g/mol. The van der Waals surface area contributed by atoms with Crippen LogP contribution in [0.1, 0.15) is 22.9 Å². The van der Waals surface area contributed by atoms with E-state index in [4.69, 9.17) is 11.6 Å². The second-order valence-electron chi connectivity index (χ2n) is 4.89. The van der Waals surface area contributed by atoms with E-state index in [0.29, 0.717) is 17.4 Å². The molecule has 2 aromatic heterocycles. The summed E-state index contributed by atoms with van der Waals surface area (Å²) in [5.74, 6) is 1.66. The molecule has 0 fully saturated rings. The van der Waals surface area contributed by atoms with Gasteiger partial charge in [-0.2, -0.15) is 0 Å². The zero-order chi connectivity index (χ0) is 14.3. The maximum atomic E-state index is 6.13. The molecule has 4 nitrogen and oxygen atoms in total. The highest BCUT2D eigenvalue weighted by molar-refractivity contribution is 6.30. The molecule has 0 unspecified atom stereocenters. The fraction of sp³-hybridized carbons (Fsp3) is 0.267. The van der Waals surface area contributed by atoms with Crippen LogP contribution in [0.15, 0.2) is 24.3 Å². The molecule has 5 heteroatoms. The van der Waals surface area contributed by atoms with Crippen LogP contribution in [0.2, 0.25) is 5.15 Å². The van der Waals surface area contributed by atoms with Crippen molar-refractivity contribution in [3.8, 4) is 0 Å². The lowest BCUT2D eigenvalue weighted by atomic mass is 10.2. The number of fused-ring (bicyclic) bond motifs is 1. The fourth-order valence-corrected chi connectivity index (χ4v) is 2.56. The van der Waals surface area contributed by atoms with Crippen LogP contribution < -0.4 is 0 Å². The van der Waals surface area contributed by atoms with Crippen molar-refractivity contribution in [2.24, 2.45) is 7.05 Å². The third-order valence-corrected chi connectivity index (χ3v) is 3.87. The van der Waals surface area contributed by atoms with Crippen LogP contribution in [-0.2, 0) is 13.5 Å². The summed E-state index contributed by atoms with van der Waals surface area (Å²) in [6.45, 7) is 3.80. The van der Waals surface area contributed by atoms with Gasteiger partial charge >= 0.3 is 0 Å². The van der Waals surface area contributed by atoms with Gasteiger partial charge in [-0.3, -0.25) is 0 Å². The first-order valence-corrected chi connectivity index (χ1v) is 6.84. The summed E-state index contributed by atoms with van der Waals surface area (Å²) in [6.07, 6.45) is 0.653. The van der Waals surface area contributed by atoms with Gasteiger partial charge in [-0.15, -0.1) is 0 Å². The Morgan fingerprint density at radius 1 is 1.10 bits per heavy atom. The Balaban J connectivity index is 2.08. The fourth-order valence-electron chi connectivity index (χ4n) is 2.32. The average molecular weight is 287 g/mol. The van der Waals surface area contributed by atoms with E-state index in [1.807, 2.05) is 39.1 Å². The number of benzene rings is 1. The van der Waals surface area contributed by atoms with Gasteiger partial charge < -0.3 is 4.57 Å². The highest BCUT2D eigenvalue weighted by Gasteiger charge is 2.13. The Bertz CT molecular complexity index is 792. The van der Waals surface area contributed by atoms with Gasteiger partial charge in [0.25, 0.3) is 0 Å². The molecule has 0 amide bonds. The molecule has 0 saturated carbocycles. The van der Waals surface area contributed by atoms with Gasteiger partial charge in [-0.1, -0.05) is 23.7 Å². The lowest BCUT2D eigenvalue weighted by Crippen LogP contribution is -2.05. The molecule has 20 heavy (non-hydrogen) atoms. The molecule has 0 aliphatic heterocycles. The third-order valence-electron chi connectivity index (χ3n) is 3.50. The summed E-state index contributed by atoms with van der Waals surface area (Å²) in [6, 6.07) is 8.10. The quantitative estimate of drug-likeness (QED) is 0.679. The summed E-state index contributed by atoms with van der Waals surface area (Å²) in [7, 11) is 2.02. The van der Waals surface area contributed by atoms with E-state index in [9.17, 15) is 0 Å². The number of aryl methyl sites for hydroxylation is 2. The van der Waals surface area contributed by atoms with Gasteiger partial charge in [0.1, 0.15) is 16.8 Å². The Kier molecular flexibility index (Phi) is 3.18. The van der Waals surface area contributed by atoms with Crippen molar-refractivity contribution in [2.45, 2.75) is 20.3 Å². The van der Waals surface area contributed by atoms with E-state index < -0.39 is 0 Å². The molecule has 0 aliphatic rings. The molecule has 0 N–H and O–H groups in total. The largest absolute Gasteiger partial charge is 0.331 e. The Hall–Kier alpha value is -1.94. The Morgan fingerprint density at radius 3 is 2.60 bits per heavy atom. The minimum atomic E-state index is 0.520. The molecule has 1 aromatic carbocycles. The van der Waals surface area contributed by atoms with E-state index >= 15 is 0 Å². The lowest BCUT2D eigenvalue weighted by Gasteiger charge is -2.07. The number of hydrogen-bond acceptors (Lipinski definition) is 3. The maximum absolute atomic E-state index is 6.13. The van der Waals surface area contributed by atoms with Crippen molar-refractivity contribution in [1.82, 2.24) is 19.5 Å². The van der Waals surface area contributed by atoms with Crippen LogP contribution >= 0.6 is 11.6 Å². The van der Waals surface area contributed by atoms with E-state index in [2.05, 4.69) is 25.6 Å². The standard InChI is InChI=1S/C15H15ClN4/c1-9-12(17-10(2)18-15(9)16)8-14-19-11-6-4-5-7-13(11)20(14)3/h4-7H,8H2,1-3H3. The predicted octanol–water partition coefficient (Wildman–Crippen LogP) is 3.22. The molecule has 3 rings (SSSR count). The number of aromatic nitrogens is 4. The van der Waals surface area contributed by atoms with Crippen LogP contribution in [0.3, 0.4) is 0 Å². The number of nitrogens with zero attached hydrogens (tertiary/aromatic N) is 4. The minimum absolute atomic E-state index is 0.520. The van der Waals surface area contributed by atoms with Crippen molar-refractivity contribution in [3.05, 3.63) is 52.3 Å². The molecule has 2 heterocycles. The molecule has 0 atom stereocenters. The third kappa shape index (κ3) is 2.16.